The van der Waals surface area contributed by atoms with Gasteiger partial charge in [0.25, 0.3) is 0 Å². The summed E-state index contributed by atoms with van der Waals surface area (Å²) in [5.74, 6) is 0.501. The van der Waals surface area contributed by atoms with Crippen molar-refractivity contribution in [3.8, 4) is 5.88 Å². The zero-order valence-corrected chi connectivity index (χ0v) is 11.3. The largest absolute Gasteiger partial charge is 0.478 e. The molecule has 0 bridgehead atoms. The number of ether oxygens (including phenoxy) is 1. The summed E-state index contributed by atoms with van der Waals surface area (Å²) < 4.78 is 5.54. The predicted molar refractivity (Wildman–Crippen MR) is 75.4 cm³/mol. The third-order valence-electron chi connectivity index (χ3n) is 2.78. The van der Waals surface area contributed by atoms with Crippen molar-refractivity contribution in [3.05, 3.63) is 58.7 Å². The van der Waals surface area contributed by atoms with E-state index in [-0.39, 0.29) is 6.61 Å². The molecular formula is C15H16ClNO2. The van der Waals surface area contributed by atoms with Crippen LogP contribution in [0.5, 0.6) is 5.88 Å². The summed E-state index contributed by atoms with van der Waals surface area (Å²) in [6.07, 6.45) is 3.39. The maximum Gasteiger partial charge on any atom is 0.213 e. The first kappa shape index (κ1) is 13.8. The highest BCUT2D eigenvalue weighted by Gasteiger charge is 2.03. The number of aryl methyl sites for hydroxylation is 1. The lowest BCUT2D eigenvalue weighted by Gasteiger charge is -2.07. The van der Waals surface area contributed by atoms with Crippen LogP contribution in [0.15, 0.2) is 42.6 Å². The van der Waals surface area contributed by atoms with Crippen LogP contribution in [0, 0.1) is 0 Å². The van der Waals surface area contributed by atoms with Crippen molar-refractivity contribution in [2.75, 3.05) is 6.61 Å². The highest BCUT2D eigenvalue weighted by molar-refractivity contribution is 6.31. The van der Waals surface area contributed by atoms with Gasteiger partial charge in [-0.25, -0.2) is 4.98 Å². The minimum Gasteiger partial charge on any atom is -0.478 e. The molecule has 0 aliphatic heterocycles. The molecule has 0 saturated carbocycles. The zero-order valence-electron chi connectivity index (χ0n) is 10.6. The van der Waals surface area contributed by atoms with E-state index in [0.717, 1.165) is 12.8 Å². The average Bonchev–Trinajstić information content (AvgIpc) is 2.46. The zero-order chi connectivity index (χ0) is 13.5. The molecule has 0 aliphatic carbocycles. The fourth-order valence-corrected chi connectivity index (χ4v) is 1.92. The molecule has 2 aromatic rings. The second-order valence-corrected chi connectivity index (χ2v) is 4.62. The molecule has 3 nitrogen and oxygen atoms in total. The first-order valence-corrected chi connectivity index (χ1v) is 6.59. The molecule has 0 amide bonds. The molecule has 4 heteroatoms. The van der Waals surface area contributed by atoms with E-state index in [0.29, 0.717) is 23.1 Å². The Morgan fingerprint density at radius 1 is 1.21 bits per heavy atom. The van der Waals surface area contributed by atoms with Crippen LogP contribution < -0.4 is 4.74 Å². The number of hydrogen-bond donors (Lipinski definition) is 1. The fraction of sp³-hybridized carbons (Fsp3) is 0.267. The maximum atomic E-state index is 9.10. The van der Waals surface area contributed by atoms with Crippen LogP contribution in [0.25, 0.3) is 0 Å². The highest BCUT2D eigenvalue weighted by Crippen LogP contribution is 2.19. The number of benzene rings is 1. The minimum absolute atomic E-state index is 0.109. The fourth-order valence-electron chi connectivity index (χ4n) is 1.76. The van der Waals surface area contributed by atoms with Gasteiger partial charge in [-0.2, -0.15) is 0 Å². The molecule has 0 aliphatic rings. The lowest BCUT2D eigenvalue weighted by Crippen LogP contribution is -2.01. The van der Waals surface area contributed by atoms with Crippen LogP contribution in [0.4, 0.5) is 0 Å². The average molecular weight is 278 g/mol. The van der Waals surface area contributed by atoms with E-state index in [1.54, 1.807) is 6.07 Å². The Labute approximate surface area is 117 Å². The van der Waals surface area contributed by atoms with Crippen molar-refractivity contribution >= 4 is 11.6 Å². The Morgan fingerprint density at radius 2 is 2.00 bits per heavy atom. The lowest BCUT2D eigenvalue weighted by atomic mass is 10.1. The second kappa shape index (κ2) is 7.12. The van der Waals surface area contributed by atoms with Crippen LogP contribution in [0.1, 0.15) is 17.5 Å². The molecule has 0 spiro atoms. The second-order valence-electron chi connectivity index (χ2n) is 4.21. The summed E-state index contributed by atoms with van der Waals surface area (Å²) >= 11 is 5.86. The van der Waals surface area contributed by atoms with Gasteiger partial charge in [0.15, 0.2) is 0 Å². The molecule has 1 N–H and O–H groups in total. The monoisotopic (exact) mass is 277 g/mol. The van der Waals surface area contributed by atoms with Gasteiger partial charge < -0.3 is 9.84 Å². The molecule has 0 radical (unpaired) electrons. The number of nitrogens with zero attached hydrogens (tertiary/aromatic N) is 1. The number of aliphatic hydroxyl groups is 1. The summed E-state index contributed by atoms with van der Waals surface area (Å²) in [7, 11) is 0. The molecule has 1 aromatic heterocycles. The number of halogens is 1. The number of aliphatic hydroxyl groups excluding tert-OH is 1. The number of pyridine rings is 1. The molecule has 1 aromatic carbocycles. The SMILES string of the molecule is OCc1cc(OCCCc2ccccc2)ncc1Cl. The minimum atomic E-state index is -0.109. The van der Waals surface area contributed by atoms with Crippen molar-refractivity contribution in [1.29, 1.82) is 0 Å². The van der Waals surface area contributed by atoms with E-state index < -0.39 is 0 Å². The van der Waals surface area contributed by atoms with Crippen molar-refractivity contribution in [2.45, 2.75) is 19.4 Å². The Morgan fingerprint density at radius 3 is 2.74 bits per heavy atom. The van der Waals surface area contributed by atoms with Gasteiger partial charge in [0.1, 0.15) is 0 Å². The number of rotatable bonds is 6. The van der Waals surface area contributed by atoms with Crippen LogP contribution in [0.2, 0.25) is 5.02 Å². The molecule has 1 heterocycles. The van der Waals surface area contributed by atoms with E-state index in [1.807, 2.05) is 18.2 Å². The van der Waals surface area contributed by atoms with E-state index in [4.69, 9.17) is 21.4 Å². The molecular weight excluding hydrogens is 262 g/mol. The summed E-state index contributed by atoms with van der Waals surface area (Å²) in [5, 5.41) is 9.55. The Hall–Kier alpha value is -1.58. The van der Waals surface area contributed by atoms with E-state index in [2.05, 4.69) is 17.1 Å². The summed E-state index contributed by atoms with van der Waals surface area (Å²) in [6.45, 7) is 0.482. The van der Waals surface area contributed by atoms with E-state index >= 15 is 0 Å². The van der Waals surface area contributed by atoms with Gasteiger partial charge in [-0.1, -0.05) is 41.9 Å². The molecule has 0 fully saturated rings. The molecule has 2 rings (SSSR count). The van der Waals surface area contributed by atoms with Gasteiger partial charge in [-0.05, 0) is 18.4 Å². The Balaban J connectivity index is 1.80. The molecule has 19 heavy (non-hydrogen) atoms. The molecule has 0 saturated heterocycles. The first-order chi connectivity index (χ1) is 9.29. The summed E-state index contributed by atoms with van der Waals surface area (Å²) in [4.78, 5) is 4.07. The maximum absolute atomic E-state index is 9.10. The third-order valence-corrected chi connectivity index (χ3v) is 3.12. The topological polar surface area (TPSA) is 42.4 Å². The van der Waals surface area contributed by atoms with Gasteiger partial charge in [-0.15, -0.1) is 0 Å². The molecule has 100 valence electrons. The van der Waals surface area contributed by atoms with Crippen LogP contribution in [0.3, 0.4) is 0 Å². The smallest absolute Gasteiger partial charge is 0.213 e. The predicted octanol–water partition coefficient (Wildman–Crippen LogP) is 3.24. The normalized spacial score (nSPS) is 10.4. The first-order valence-electron chi connectivity index (χ1n) is 6.21. The summed E-state index contributed by atoms with van der Waals surface area (Å²) in [6, 6.07) is 11.9. The van der Waals surface area contributed by atoms with Crippen LogP contribution in [-0.2, 0) is 13.0 Å². The van der Waals surface area contributed by atoms with Gasteiger partial charge in [-0.3, -0.25) is 0 Å². The highest BCUT2D eigenvalue weighted by atomic mass is 35.5. The molecule has 0 unspecified atom stereocenters. The van der Waals surface area contributed by atoms with Crippen molar-refractivity contribution in [2.24, 2.45) is 0 Å². The van der Waals surface area contributed by atoms with Crippen LogP contribution >= 0.6 is 11.6 Å². The van der Waals surface area contributed by atoms with E-state index in [9.17, 15) is 0 Å². The quantitative estimate of drug-likeness (QED) is 0.824. The summed E-state index contributed by atoms with van der Waals surface area (Å²) in [5.41, 5.74) is 1.93. The van der Waals surface area contributed by atoms with Crippen molar-refractivity contribution < 1.29 is 9.84 Å². The number of aromatic nitrogens is 1. The van der Waals surface area contributed by atoms with Gasteiger partial charge in [0, 0.05) is 17.8 Å². The van der Waals surface area contributed by atoms with Crippen molar-refractivity contribution in [3.63, 3.8) is 0 Å². The van der Waals surface area contributed by atoms with Gasteiger partial charge in [0.05, 0.1) is 18.2 Å². The number of hydrogen-bond acceptors (Lipinski definition) is 3. The van der Waals surface area contributed by atoms with Crippen molar-refractivity contribution in [1.82, 2.24) is 4.98 Å². The Bertz CT molecular complexity index is 517. The lowest BCUT2D eigenvalue weighted by molar-refractivity contribution is 0.276. The third kappa shape index (κ3) is 4.23. The Kier molecular flexibility index (Phi) is 5.19. The van der Waals surface area contributed by atoms with Gasteiger partial charge in [0.2, 0.25) is 5.88 Å². The van der Waals surface area contributed by atoms with Gasteiger partial charge >= 0.3 is 0 Å². The standard InChI is InChI=1S/C15H16ClNO2/c16-14-10-17-15(9-13(14)11-18)19-8-4-7-12-5-2-1-3-6-12/h1-3,5-6,9-10,18H,4,7-8,11H2. The van der Waals surface area contributed by atoms with E-state index in [1.165, 1.54) is 11.8 Å². The van der Waals surface area contributed by atoms with Crippen LogP contribution in [-0.4, -0.2) is 16.7 Å². The molecule has 0 atom stereocenters.